The second-order valence-corrected chi connectivity index (χ2v) is 5.52. The number of nitrogens with zero attached hydrogens (tertiary/aromatic N) is 1. The Kier molecular flexibility index (Phi) is 3.80. The molecule has 2 aliphatic rings. The Morgan fingerprint density at radius 3 is 2.58 bits per heavy atom. The number of hydrogen-bond donors (Lipinski definition) is 1. The number of ether oxygens (including phenoxy) is 1. The van der Waals surface area contributed by atoms with Crippen molar-refractivity contribution in [1.82, 2.24) is 10.2 Å². The van der Waals surface area contributed by atoms with Crippen molar-refractivity contribution in [2.24, 2.45) is 11.8 Å². The lowest BCUT2D eigenvalue weighted by Gasteiger charge is -2.15. The predicted octanol–water partition coefficient (Wildman–Crippen LogP) is 0.881. The molecule has 19 heavy (non-hydrogen) atoms. The number of carbonyl (C=O) groups excluding carboxylic acids is 1. The average molecular weight is 260 g/mol. The Balaban J connectivity index is 1.42. The quantitative estimate of drug-likeness (QED) is 0.816. The zero-order valence-electron chi connectivity index (χ0n) is 11.0. The van der Waals surface area contributed by atoms with Crippen LogP contribution in [0.2, 0.25) is 0 Å². The third-order valence-corrected chi connectivity index (χ3v) is 4.06. The average Bonchev–Trinajstić information content (AvgIpc) is 2.98. The van der Waals surface area contributed by atoms with Crippen LogP contribution >= 0.6 is 0 Å². The maximum absolute atomic E-state index is 11.8. The van der Waals surface area contributed by atoms with Crippen molar-refractivity contribution < 1.29 is 9.53 Å². The van der Waals surface area contributed by atoms with Gasteiger partial charge in [0.2, 0.25) is 0 Å². The molecule has 0 aliphatic carbocycles. The molecule has 102 valence electrons. The molecule has 4 heteroatoms. The van der Waals surface area contributed by atoms with Gasteiger partial charge in [0.05, 0.1) is 6.54 Å². The van der Waals surface area contributed by atoms with Gasteiger partial charge in [-0.05, 0) is 30.5 Å². The smallest absolute Gasteiger partial charge is 0.320 e. The first-order chi connectivity index (χ1) is 9.31. The van der Waals surface area contributed by atoms with Crippen molar-refractivity contribution in [3.63, 3.8) is 0 Å². The SMILES string of the molecule is O=C(CN1CC2CNCC2C1)OCc1ccccc1. The Morgan fingerprint density at radius 1 is 1.21 bits per heavy atom. The molecule has 0 amide bonds. The van der Waals surface area contributed by atoms with Gasteiger partial charge in [-0.2, -0.15) is 0 Å². The highest BCUT2D eigenvalue weighted by molar-refractivity contribution is 5.71. The van der Waals surface area contributed by atoms with Crippen molar-refractivity contribution in [3.8, 4) is 0 Å². The Hall–Kier alpha value is -1.39. The predicted molar refractivity (Wildman–Crippen MR) is 72.5 cm³/mol. The van der Waals surface area contributed by atoms with Gasteiger partial charge in [-0.25, -0.2) is 0 Å². The van der Waals surface area contributed by atoms with E-state index in [1.807, 2.05) is 30.3 Å². The molecule has 1 N–H and O–H groups in total. The molecule has 0 aromatic heterocycles. The lowest BCUT2D eigenvalue weighted by atomic mass is 10.0. The molecule has 2 saturated heterocycles. The fourth-order valence-corrected chi connectivity index (χ4v) is 3.05. The lowest BCUT2D eigenvalue weighted by Crippen LogP contribution is -2.31. The summed E-state index contributed by atoms with van der Waals surface area (Å²) in [4.78, 5) is 14.0. The first-order valence-corrected chi connectivity index (χ1v) is 6.94. The highest BCUT2D eigenvalue weighted by atomic mass is 16.5. The summed E-state index contributed by atoms with van der Waals surface area (Å²) in [7, 11) is 0. The maximum atomic E-state index is 11.8. The van der Waals surface area contributed by atoms with Gasteiger partial charge in [-0.15, -0.1) is 0 Å². The molecule has 2 heterocycles. The van der Waals surface area contributed by atoms with Crippen LogP contribution in [0.5, 0.6) is 0 Å². The molecular weight excluding hydrogens is 240 g/mol. The van der Waals surface area contributed by atoms with Gasteiger partial charge in [0.15, 0.2) is 0 Å². The largest absolute Gasteiger partial charge is 0.460 e. The van der Waals surface area contributed by atoms with Crippen LogP contribution in [0.15, 0.2) is 30.3 Å². The maximum Gasteiger partial charge on any atom is 0.320 e. The molecule has 0 saturated carbocycles. The zero-order chi connectivity index (χ0) is 13.1. The van der Waals surface area contributed by atoms with E-state index < -0.39 is 0 Å². The fourth-order valence-electron chi connectivity index (χ4n) is 3.05. The van der Waals surface area contributed by atoms with Gasteiger partial charge in [0.1, 0.15) is 6.61 Å². The van der Waals surface area contributed by atoms with E-state index in [1.54, 1.807) is 0 Å². The van der Waals surface area contributed by atoms with Gasteiger partial charge in [-0.1, -0.05) is 30.3 Å². The topological polar surface area (TPSA) is 41.6 Å². The summed E-state index contributed by atoms with van der Waals surface area (Å²) in [6.07, 6.45) is 0. The van der Waals surface area contributed by atoms with Crippen LogP contribution in [0, 0.1) is 11.8 Å². The highest BCUT2D eigenvalue weighted by Crippen LogP contribution is 2.25. The highest BCUT2D eigenvalue weighted by Gasteiger charge is 2.36. The second kappa shape index (κ2) is 5.72. The van der Waals surface area contributed by atoms with Crippen molar-refractivity contribution in [2.75, 3.05) is 32.7 Å². The third kappa shape index (κ3) is 3.14. The number of nitrogens with one attached hydrogen (secondary N) is 1. The number of benzene rings is 1. The van der Waals surface area contributed by atoms with Crippen molar-refractivity contribution >= 4 is 5.97 Å². The van der Waals surface area contributed by atoms with Crippen LogP contribution < -0.4 is 5.32 Å². The Morgan fingerprint density at radius 2 is 1.89 bits per heavy atom. The molecule has 1 aromatic rings. The van der Waals surface area contributed by atoms with E-state index in [9.17, 15) is 4.79 Å². The van der Waals surface area contributed by atoms with Crippen LogP contribution in [0.3, 0.4) is 0 Å². The molecule has 2 fully saturated rings. The minimum atomic E-state index is -0.114. The van der Waals surface area contributed by atoms with Gasteiger partial charge < -0.3 is 10.1 Å². The van der Waals surface area contributed by atoms with Crippen LogP contribution in [-0.4, -0.2) is 43.6 Å². The molecule has 3 rings (SSSR count). The summed E-state index contributed by atoms with van der Waals surface area (Å²) in [5.41, 5.74) is 1.04. The minimum absolute atomic E-state index is 0.114. The third-order valence-electron chi connectivity index (χ3n) is 4.06. The minimum Gasteiger partial charge on any atom is -0.460 e. The van der Waals surface area contributed by atoms with Gasteiger partial charge in [0.25, 0.3) is 0 Å². The summed E-state index contributed by atoms with van der Waals surface area (Å²) in [6, 6.07) is 9.82. The van der Waals surface area contributed by atoms with Crippen molar-refractivity contribution in [3.05, 3.63) is 35.9 Å². The molecule has 4 nitrogen and oxygen atoms in total. The summed E-state index contributed by atoms with van der Waals surface area (Å²) < 4.78 is 5.32. The van der Waals surface area contributed by atoms with E-state index in [-0.39, 0.29) is 5.97 Å². The van der Waals surface area contributed by atoms with E-state index in [1.165, 1.54) is 0 Å². The van der Waals surface area contributed by atoms with Crippen molar-refractivity contribution in [2.45, 2.75) is 6.61 Å². The van der Waals surface area contributed by atoms with E-state index in [4.69, 9.17) is 4.74 Å². The number of esters is 1. The number of hydrogen-bond acceptors (Lipinski definition) is 4. The van der Waals surface area contributed by atoms with Crippen molar-refractivity contribution in [1.29, 1.82) is 0 Å². The van der Waals surface area contributed by atoms with E-state index in [2.05, 4.69) is 10.2 Å². The summed E-state index contributed by atoms with van der Waals surface area (Å²) >= 11 is 0. The fraction of sp³-hybridized carbons (Fsp3) is 0.533. The Bertz CT molecular complexity index is 423. The molecular formula is C15H20N2O2. The normalized spacial score (nSPS) is 26.3. The van der Waals surface area contributed by atoms with Crippen LogP contribution in [-0.2, 0) is 16.1 Å². The first kappa shape index (κ1) is 12.6. The van der Waals surface area contributed by atoms with Crippen LogP contribution in [0.25, 0.3) is 0 Å². The number of carbonyl (C=O) groups is 1. The Labute approximate surface area is 113 Å². The standard InChI is InChI=1S/C15H20N2O2/c18-15(19-11-12-4-2-1-3-5-12)10-17-8-13-6-16-7-14(13)9-17/h1-5,13-14,16H,6-11H2. The molecule has 2 atom stereocenters. The second-order valence-electron chi connectivity index (χ2n) is 5.52. The molecule has 0 spiro atoms. The van der Waals surface area contributed by atoms with E-state index in [0.717, 1.165) is 43.6 Å². The van der Waals surface area contributed by atoms with E-state index >= 15 is 0 Å². The zero-order valence-corrected chi connectivity index (χ0v) is 11.0. The number of rotatable bonds is 4. The number of fused-ring (bicyclic) bond motifs is 1. The molecule has 2 aliphatic heterocycles. The monoisotopic (exact) mass is 260 g/mol. The van der Waals surface area contributed by atoms with Crippen LogP contribution in [0.1, 0.15) is 5.56 Å². The lowest BCUT2D eigenvalue weighted by molar-refractivity contribution is -0.146. The summed E-state index contributed by atoms with van der Waals surface area (Å²) in [6.45, 7) is 5.05. The van der Waals surface area contributed by atoms with E-state index in [0.29, 0.717) is 13.2 Å². The molecule has 1 aromatic carbocycles. The molecule has 0 radical (unpaired) electrons. The molecule has 0 bridgehead atoms. The number of likely N-dealkylation sites (tertiary alicyclic amines) is 1. The van der Waals surface area contributed by atoms with Gasteiger partial charge in [-0.3, -0.25) is 9.69 Å². The first-order valence-electron chi connectivity index (χ1n) is 6.94. The van der Waals surface area contributed by atoms with Crippen LogP contribution in [0.4, 0.5) is 0 Å². The summed E-state index contributed by atoms with van der Waals surface area (Å²) in [5.74, 6) is 1.33. The summed E-state index contributed by atoms with van der Waals surface area (Å²) in [5, 5.41) is 3.40. The van der Waals surface area contributed by atoms with Gasteiger partial charge in [0, 0.05) is 13.1 Å². The molecule has 2 unspecified atom stereocenters. The van der Waals surface area contributed by atoms with Gasteiger partial charge >= 0.3 is 5.97 Å².